The number of anilines is 2. The molecule has 0 spiro atoms. The first-order valence-corrected chi connectivity index (χ1v) is 11.4. The van der Waals surface area contributed by atoms with Crippen LogP contribution in [-0.2, 0) is 0 Å². The molecule has 7 heteroatoms. The van der Waals surface area contributed by atoms with Crippen molar-refractivity contribution in [3.63, 3.8) is 0 Å². The van der Waals surface area contributed by atoms with Gasteiger partial charge in [0, 0.05) is 43.1 Å². The predicted octanol–water partition coefficient (Wildman–Crippen LogP) is 4.40. The van der Waals surface area contributed by atoms with Crippen molar-refractivity contribution in [2.75, 3.05) is 24.3 Å². The summed E-state index contributed by atoms with van der Waals surface area (Å²) < 4.78 is 0. The number of carbonyl (C=O) groups excluding carboxylic acids is 1. The fourth-order valence-corrected chi connectivity index (χ4v) is 4.49. The first kappa shape index (κ1) is 21.1. The highest BCUT2D eigenvalue weighted by Crippen LogP contribution is 2.26. The molecule has 1 saturated carbocycles. The zero-order valence-corrected chi connectivity index (χ0v) is 19.0. The summed E-state index contributed by atoms with van der Waals surface area (Å²) in [6.45, 7) is 0. The van der Waals surface area contributed by atoms with E-state index in [0.717, 1.165) is 53.3 Å². The Morgan fingerprint density at radius 1 is 0.909 bits per heavy atom. The lowest BCUT2D eigenvalue weighted by Crippen LogP contribution is -2.40. The van der Waals surface area contributed by atoms with Gasteiger partial charge in [-0.2, -0.15) is 4.98 Å². The molecule has 5 rings (SSSR count). The molecule has 0 atom stereocenters. The number of benzene rings is 2. The van der Waals surface area contributed by atoms with E-state index in [2.05, 4.69) is 15.6 Å². The maximum atomic E-state index is 12.8. The lowest BCUT2D eigenvalue weighted by molar-refractivity contribution is 0.0926. The van der Waals surface area contributed by atoms with E-state index in [1.807, 2.05) is 73.6 Å². The second-order valence-corrected chi connectivity index (χ2v) is 8.87. The SMILES string of the molecule is CN(C)c1nc(N[C@H]2CC[C@@H](NC(=O)c3cnc4ccccc4c3)CC2)nc2ccccc12. The molecule has 2 aromatic carbocycles. The molecule has 4 aromatic rings. The van der Waals surface area contributed by atoms with Gasteiger partial charge in [-0.1, -0.05) is 30.3 Å². The number of carbonyl (C=O) groups is 1. The zero-order valence-electron chi connectivity index (χ0n) is 19.0. The van der Waals surface area contributed by atoms with Crippen LogP contribution in [0.4, 0.5) is 11.8 Å². The Labute approximate surface area is 193 Å². The Kier molecular flexibility index (Phi) is 5.77. The largest absolute Gasteiger partial charge is 0.362 e. The van der Waals surface area contributed by atoms with E-state index >= 15 is 0 Å². The minimum atomic E-state index is -0.0573. The smallest absolute Gasteiger partial charge is 0.253 e. The third-order valence-electron chi connectivity index (χ3n) is 6.26. The number of nitrogens with zero attached hydrogens (tertiary/aromatic N) is 4. The second kappa shape index (κ2) is 9.02. The number of rotatable bonds is 5. The maximum absolute atomic E-state index is 12.8. The first-order chi connectivity index (χ1) is 16.1. The molecule has 1 fully saturated rings. The monoisotopic (exact) mass is 440 g/mol. The van der Waals surface area contributed by atoms with E-state index in [1.54, 1.807) is 6.20 Å². The Balaban J connectivity index is 1.21. The number of pyridine rings is 1. The van der Waals surface area contributed by atoms with Crippen LogP contribution < -0.4 is 15.5 Å². The van der Waals surface area contributed by atoms with E-state index in [4.69, 9.17) is 9.97 Å². The van der Waals surface area contributed by atoms with Crippen LogP contribution in [-0.4, -0.2) is 47.0 Å². The Morgan fingerprint density at radius 3 is 2.39 bits per heavy atom. The molecule has 0 saturated heterocycles. The normalized spacial score (nSPS) is 18.2. The van der Waals surface area contributed by atoms with Crippen molar-refractivity contribution < 1.29 is 4.79 Å². The lowest BCUT2D eigenvalue weighted by atomic mass is 9.91. The molecule has 1 amide bonds. The highest BCUT2D eigenvalue weighted by Gasteiger charge is 2.24. The fraction of sp³-hybridized carbons (Fsp3) is 0.308. The Morgan fingerprint density at radius 2 is 1.61 bits per heavy atom. The van der Waals surface area contributed by atoms with Gasteiger partial charge in [0.05, 0.1) is 16.6 Å². The highest BCUT2D eigenvalue weighted by molar-refractivity contribution is 5.97. The van der Waals surface area contributed by atoms with Crippen LogP contribution in [0, 0.1) is 0 Å². The number of fused-ring (bicyclic) bond motifs is 2. The average Bonchev–Trinajstić information content (AvgIpc) is 2.84. The molecule has 1 aliphatic rings. The molecule has 0 unspecified atom stereocenters. The maximum Gasteiger partial charge on any atom is 0.253 e. The zero-order chi connectivity index (χ0) is 22.8. The van der Waals surface area contributed by atoms with Gasteiger partial charge in [-0.05, 0) is 49.9 Å². The standard InChI is InChI=1S/C26H28N6O/c1-32(2)24-21-8-4-6-10-23(21)30-26(31-24)29-20-13-11-19(12-14-20)28-25(33)18-15-17-7-3-5-9-22(17)27-16-18/h3-10,15-16,19-20H,11-14H2,1-2H3,(H,28,33)(H,29,30,31)/t19-,20+. The van der Waals surface area contributed by atoms with Crippen molar-refractivity contribution in [2.24, 2.45) is 0 Å². The fourth-order valence-electron chi connectivity index (χ4n) is 4.49. The summed E-state index contributed by atoms with van der Waals surface area (Å²) in [5.74, 6) is 1.51. The third kappa shape index (κ3) is 4.58. The van der Waals surface area contributed by atoms with Crippen molar-refractivity contribution in [3.05, 3.63) is 66.4 Å². The van der Waals surface area contributed by atoms with Crippen LogP contribution in [0.3, 0.4) is 0 Å². The Bertz CT molecular complexity index is 1300. The number of nitrogens with one attached hydrogen (secondary N) is 2. The van der Waals surface area contributed by atoms with Crippen LogP contribution in [0.25, 0.3) is 21.8 Å². The van der Waals surface area contributed by atoms with E-state index < -0.39 is 0 Å². The molecule has 33 heavy (non-hydrogen) atoms. The summed E-state index contributed by atoms with van der Waals surface area (Å²) in [4.78, 5) is 28.7. The van der Waals surface area contributed by atoms with Crippen molar-refractivity contribution in [2.45, 2.75) is 37.8 Å². The second-order valence-electron chi connectivity index (χ2n) is 8.87. The molecular formula is C26H28N6O. The van der Waals surface area contributed by atoms with E-state index in [1.165, 1.54) is 0 Å². The molecule has 1 aliphatic carbocycles. The van der Waals surface area contributed by atoms with Crippen LogP contribution in [0.15, 0.2) is 60.8 Å². The molecule has 0 aliphatic heterocycles. The molecular weight excluding hydrogens is 412 g/mol. The molecule has 0 radical (unpaired) electrons. The van der Waals surface area contributed by atoms with Crippen LogP contribution in [0.5, 0.6) is 0 Å². The first-order valence-electron chi connectivity index (χ1n) is 11.4. The summed E-state index contributed by atoms with van der Waals surface area (Å²) >= 11 is 0. The molecule has 0 bridgehead atoms. The van der Waals surface area contributed by atoms with Crippen molar-refractivity contribution in [1.82, 2.24) is 20.3 Å². The molecule has 2 N–H and O–H groups in total. The van der Waals surface area contributed by atoms with Gasteiger partial charge in [0.2, 0.25) is 5.95 Å². The average molecular weight is 441 g/mol. The van der Waals surface area contributed by atoms with E-state index in [-0.39, 0.29) is 18.0 Å². The summed E-state index contributed by atoms with van der Waals surface area (Å²) in [7, 11) is 4.00. The summed E-state index contributed by atoms with van der Waals surface area (Å²) in [5.41, 5.74) is 2.44. The number of hydrogen-bond donors (Lipinski definition) is 2. The highest BCUT2D eigenvalue weighted by atomic mass is 16.1. The van der Waals surface area contributed by atoms with Gasteiger partial charge >= 0.3 is 0 Å². The number of hydrogen-bond acceptors (Lipinski definition) is 6. The minimum Gasteiger partial charge on any atom is -0.362 e. The van der Waals surface area contributed by atoms with Gasteiger partial charge in [-0.25, -0.2) is 4.98 Å². The van der Waals surface area contributed by atoms with Gasteiger partial charge in [0.25, 0.3) is 5.91 Å². The van der Waals surface area contributed by atoms with Gasteiger partial charge in [-0.15, -0.1) is 0 Å². The summed E-state index contributed by atoms with van der Waals surface area (Å²) in [6.07, 6.45) is 5.39. The lowest BCUT2D eigenvalue weighted by Gasteiger charge is -2.30. The third-order valence-corrected chi connectivity index (χ3v) is 6.26. The minimum absolute atomic E-state index is 0.0573. The predicted molar refractivity (Wildman–Crippen MR) is 133 cm³/mol. The van der Waals surface area contributed by atoms with Gasteiger partial charge in [-0.3, -0.25) is 9.78 Å². The van der Waals surface area contributed by atoms with Gasteiger partial charge in [0.1, 0.15) is 5.82 Å². The van der Waals surface area contributed by atoms with Crippen LogP contribution in [0.1, 0.15) is 36.0 Å². The van der Waals surface area contributed by atoms with Crippen molar-refractivity contribution >= 4 is 39.5 Å². The molecule has 168 valence electrons. The molecule has 2 aromatic heterocycles. The number of para-hydroxylation sites is 2. The number of aromatic nitrogens is 3. The quantitative estimate of drug-likeness (QED) is 0.479. The van der Waals surface area contributed by atoms with Crippen molar-refractivity contribution in [3.8, 4) is 0 Å². The number of amides is 1. The summed E-state index contributed by atoms with van der Waals surface area (Å²) in [5, 5.41) is 8.73. The molecule has 7 nitrogen and oxygen atoms in total. The van der Waals surface area contributed by atoms with Gasteiger partial charge in [0.15, 0.2) is 0 Å². The van der Waals surface area contributed by atoms with Gasteiger partial charge < -0.3 is 15.5 Å². The van der Waals surface area contributed by atoms with E-state index in [0.29, 0.717) is 11.5 Å². The Hall–Kier alpha value is -3.74. The van der Waals surface area contributed by atoms with E-state index in [9.17, 15) is 4.79 Å². The molecule has 2 heterocycles. The summed E-state index contributed by atoms with van der Waals surface area (Å²) in [6, 6.07) is 18.3. The van der Waals surface area contributed by atoms with Crippen LogP contribution >= 0.6 is 0 Å². The van der Waals surface area contributed by atoms with Crippen LogP contribution in [0.2, 0.25) is 0 Å². The van der Waals surface area contributed by atoms with Crippen molar-refractivity contribution in [1.29, 1.82) is 0 Å². The topological polar surface area (TPSA) is 83.0 Å².